The number of amides is 2. The Hall–Kier alpha value is -1.63. The van der Waals surface area contributed by atoms with Crippen LogP contribution >= 0.6 is 15.9 Å². The van der Waals surface area contributed by atoms with E-state index in [9.17, 15) is 14.0 Å². The number of hydrogen-bond donors (Lipinski definition) is 1. The van der Waals surface area contributed by atoms with E-state index in [2.05, 4.69) is 26.0 Å². The van der Waals surface area contributed by atoms with E-state index in [1.54, 1.807) is 0 Å². The summed E-state index contributed by atoms with van der Waals surface area (Å²) in [5.74, 6) is -0.930. The second-order valence-electron chi connectivity index (χ2n) is 4.50. The summed E-state index contributed by atoms with van der Waals surface area (Å²) < 4.78 is 18.8. The maximum Gasteiger partial charge on any atom is 0.407 e. The lowest BCUT2D eigenvalue weighted by atomic mass is 10.2. The number of likely N-dealkylation sites (tertiary alicyclic amines) is 1. The third kappa shape index (κ3) is 3.27. The quantitative estimate of drug-likeness (QED) is 0.894. The molecule has 7 heteroatoms. The van der Waals surface area contributed by atoms with E-state index in [0.29, 0.717) is 24.0 Å². The van der Waals surface area contributed by atoms with Crippen molar-refractivity contribution in [2.24, 2.45) is 0 Å². The van der Waals surface area contributed by atoms with Crippen molar-refractivity contribution in [2.75, 3.05) is 20.2 Å². The van der Waals surface area contributed by atoms with Gasteiger partial charge in [0.25, 0.3) is 5.91 Å². The summed E-state index contributed by atoms with van der Waals surface area (Å²) in [6, 6.07) is 4.08. The van der Waals surface area contributed by atoms with Crippen LogP contribution in [0.3, 0.4) is 0 Å². The molecule has 0 bridgehead atoms. The summed E-state index contributed by atoms with van der Waals surface area (Å²) in [5.41, 5.74) is 0.0260. The Balaban J connectivity index is 2.04. The highest BCUT2D eigenvalue weighted by atomic mass is 79.9. The number of halogens is 2. The van der Waals surface area contributed by atoms with Gasteiger partial charge in [-0.15, -0.1) is 0 Å². The lowest BCUT2D eigenvalue weighted by molar-refractivity contribution is 0.0783. The molecule has 0 aromatic heterocycles. The molecule has 1 aromatic carbocycles. The number of nitrogens with one attached hydrogen (secondary N) is 1. The maximum atomic E-state index is 13.7. The van der Waals surface area contributed by atoms with Crippen LogP contribution in [0.4, 0.5) is 9.18 Å². The Morgan fingerprint density at radius 2 is 2.25 bits per heavy atom. The van der Waals surface area contributed by atoms with Gasteiger partial charge in [0.1, 0.15) is 5.82 Å². The first-order valence-corrected chi connectivity index (χ1v) is 6.89. The van der Waals surface area contributed by atoms with E-state index in [4.69, 9.17) is 0 Å². The topological polar surface area (TPSA) is 58.6 Å². The number of ether oxygens (including phenoxy) is 1. The van der Waals surface area contributed by atoms with Gasteiger partial charge < -0.3 is 15.0 Å². The Labute approximate surface area is 124 Å². The van der Waals surface area contributed by atoms with Crippen molar-refractivity contribution >= 4 is 27.9 Å². The third-order valence-corrected chi connectivity index (χ3v) is 3.63. The van der Waals surface area contributed by atoms with E-state index in [-0.39, 0.29) is 17.5 Å². The molecule has 1 aliphatic heterocycles. The van der Waals surface area contributed by atoms with Crippen LogP contribution in [0.2, 0.25) is 0 Å². The standard InChI is InChI=1S/C13H14BrFN2O3/c1-20-13(19)16-9-4-5-17(7-9)12(18)10-6-8(14)2-3-11(10)15/h2-3,6,9H,4-5,7H2,1H3,(H,16,19). The van der Waals surface area contributed by atoms with Crippen molar-refractivity contribution in [3.63, 3.8) is 0 Å². The van der Waals surface area contributed by atoms with Crippen LogP contribution < -0.4 is 5.32 Å². The first-order chi connectivity index (χ1) is 9.51. The molecule has 1 unspecified atom stereocenters. The van der Waals surface area contributed by atoms with Crippen LogP contribution in [0, 0.1) is 5.82 Å². The highest BCUT2D eigenvalue weighted by molar-refractivity contribution is 9.10. The summed E-state index contributed by atoms with van der Waals surface area (Å²) in [6.07, 6.45) is 0.0918. The molecule has 0 saturated carbocycles. The SMILES string of the molecule is COC(=O)NC1CCN(C(=O)c2cc(Br)ccc2F)C1. The molecule has 108 valence electrons. The second kappa shape index (κ2) is 6.21. The summed E-state index contributed by atoms with van der Waals surface area (Å²) >= 11 is 3.22. The average molecular weight is 345 g/mol. The Morgan fingerprint density at radius 3 is 2.95 bits per heavy atom. The van der Waals surface area contributed by atoms with E-state index in [1.807, 2.05) is 0 Å². The molecular weight excluding hydrogens is 331 g/mol. The van der Waals surface area contributed by atoms with Gasteiger partial charge >= 0.3 is 6.09 Å². The van der Waals surface area contributed by atoms with Gasteiger partial charge in [0, 0.05) is 17.6 Å². The Morgan fingerprint density at radius 1 is 1.50 bits per heavy atom. The van der Waals surface area contributed by atoms with Crippen LogP contribution in [0.5, 0.6) is 0 Å². The summed E-state index contributed by atoms with van der Waals surface area (Å²) in [4.78, 5) is 24.9. The predicted molar refractivity (Wildman–Crippen MR) is 73.9 cm³/mol. The van der Waals surface area contributed by atoms with Crippen LogP contribution in [0.15, 0.2) is 22.7 Å². The van der Waals surface area contributed by atoms with Gasteiger partial charge in [0.15, 0.2) is 0 Å². The van der Waals surface area contributed by atoms with Gasteiger partial charge in [-0.25, -0.2) is 9.18 Å². The van der Waals surface area contributed by atoms with Gasteiger partial charge in [-0.1, -0.05) is 15.9 Å². The molecular formula is C13H14BrFN2O3. The fourth-order valence-electron chi connectivity index (χ4n) is 2.12. The van der Waals surface area contributed by atoms with Gasteiger partial charge in [-0.05, 0) is 24.6 Å². The highest BCUT2D eigenvalue weighted by Gasteiger charge is 2.29. The molecule has 1 heterocycles. The molecule has 5 nitrogen and oxygen atoms in total. The van der Waals surface area contributed by atoms with Gasteiger partial charge in [0.2, 0.25) is 0 Å². The minimum absolute atomic E-state index is 0.0260. The highest BCUT2D eigenvalue weighted by Crippen LogP contribution is 2.19. The summed E-state index contributed by atoms with van der Waals surface area (Å²) in [6.45, 7) is 0.819. The molecule has 2 amide bonds. The maximum absolute atomic E-state index is 13.7. The number of alkyl carbamates (subject to hydrolysis) is 1. The number of rotatable bonds is 2. The van der Waals surface area contributed by atoms with Crippen LogP contribution in [-0.2, 0) is 4.74 Å². The molecule has 1 N–H and O–H groups in total. The molecule has 1 aliphatic rings. The number of carbonyl (C=O) groups is 2. The van der Waals surface area contributed by atoms with Gasteiger partial charge in [0.05, 0.1) is 18.7 Å². The summed E-state index contributed by atoms with van der Waals surface area (Å²) in [7, 11) is 1.28. The van der Waals surface area contributed by atoms with Gasteiger partial charge in [-0.3, -0.25) is 4.79 Å². The third-order valence-electron chi connectivity index (χ3n) is 3.14. The lowest BCUT2D eigenvalue weighted by Crippen LogP contribution is -2.38. The van der Waals surface area contributed by atoms with Gasteiger partial charge in [-0.2, -0.15) is 0 Å². The zero-order valence-corrected chi connectivity index (χ0v) is 12.4. The molecule has 0 spiro atoms. The molecule has 1 fully saturated rings. The van der Waals surface area contributed by atoms with Crippen LogP contribution in [0.25, 0.3) is 0 Å². The number of nitrogens with zero attached hydrogens (tertiary/aromatic N) is 1. The minimum atomic E-state index is -0.553. The summed E-state index contributed by atoms with van der Waals surface area (Å²) in [5, 5.41) is 2.63. The first-order valence-electron chi connectivity index (χ1n) is 6.10. The predicted octanol–water partition coefficient (Wildman–Crippen LogP) is 2.16. The number of benzene rings is 1. The van der Waals surface area contributed by atoms with Crippen molar-refractivity contribution in [2.45, 2.75) is 12.5 Å². The minimum Gasteiger partial charge on any atom is -0.453 e. The van der Waals surface area contributed by atoms with Crippen molar-refractivity contribution in [3.05, 3.63) is 34.1 Å². The largest absolute Gasteiger partial charge is 0.453 e. The Bertz CT molecular complexity index is 538. The van der Waals surface area contributed by atoms with Crippen molar-refractivity contribution in [1.29, 1.82) is 0 Å². The second-order valence-corrected chi connectivity index (χ2v) is 5.41. The molecule has 20 heavy (non-hydrogen) atoms. The van der Waals surface area contributed by atoms with E-state index in [0.717, 1.165) is 0 Å². The molecule has 2 rings (SSSR count). The normalized spacial score (nSPS) is 17.9. The molecule has 1 atom stereocenters. The van der Waals surface area contributed by atoms with Crippen LogP contribution in [0.1, 0.15) is 16.8 Å². The van der Waals surface area contributed by atoms with E-state index < -0.39 is 11.9 Å². The monoisotopic (exact) mass is 344 g/mol. The molecule has 1 aromatic rings. The van der Waals surface area contributed by atoms with Crippen molar-refractivity contribution in [3.8, 4) is 0 Å². The molecule has 1 saturated heterocycles. The fraction of sp³-hybridized carbons (Fsp3) is 0.385. The zero-order chi connectivity index (χ0) is 14.7. The zero-order valence-electron chi connectivity index (χ0n) is 10.9. The lowest BCUT2D eigenvalue weighted by Gasteiger charge is -2.17. The fourth-order valence-corrected chi connectivity index (χ4v) is 2.48. The number of methoxy groups -OCH3 is 1. The molecule has 0 aliphatic carbocycles. The van der Waals surface area contributed by atoms with E-state index >= 15 is 0 Å². The first kappa shape index (κ1) is 14.8. The van der Waals surface area contributed by atoms with E-state index in [1.165, 1.54) is 30.2 Å². The van der Waals surface area contributed by atoms with Crippen LogP contribution in [-0.4, -0.2) is 43.1 Å². The average Bonchev–Trinajstić information content (AvgIpc) is 2.89. The smallest absolute Gasteiger partial charge is 0.407 e. The Kier molecular flexibility index (Phi) is 4.59. The van der Waals surface area contributed by atoms with Crippen molar-refractivity contribution < 1.29 is 18.7 Å². The van der Waals surface area contributed by atoms with Crippen molar-refractivity contribution in [1.82, 2.24) is 10.2 Å². The molecule has 0 radical (unpaired) electrons. The number of carbonyl (C=O) groups excluding carboxylic acids is 2. The number of hydrogen-bond acceptors (Lipinski definition) is 3.